The number of hydrogen-bond acceptors (Lipinski definition) is 4. The van der Waals surface area contributed by atoms with Gasteiger partial charge < -0.3 is 4.90 Å². The number of anilines is 2. The zero-order chi connectivity index (χ0) is 42.8. The number of hydrogen-bond donors (Lipinski definition) is 0. The van der Waals surface area contributed by atoms with Crippen LogP contribution in [0.2, 0.25) is 0 Å². The first-order valence-electron chi connectivity index (χ1n) is 21.9. The molecule has 2 heterocycles. The molecule has 0 atom stereocenters. The summed E-state index contributed by atoms with van der Waals surface area (Å²) >= 11 is 0. The second-order valence-corrected chi connectivity index (χ2v) is 17.2. The SMILES string of the molecule is CC1(C)c2cc(-c3ccc(-c4nc(-c5ccccc5-c5ccccc5)nc(-c5ccccc5-c5ccccc5)n4)cc3)ccc2-c2cc3cccc4c3c(c21)N(c1ccccc1)C=C4. The standard InChI is InChI=1S/C60H42N4/c1-60(2)53-38-44(33-34-49(53)52-37-45-22-16-21-42-35-36-64(46-23-10-5-11-24-46)56(54(42)45)55(52)60)39-29-31-43(32-30-39)57-61-58(50-27-14-12-25-47(50)40-17-6-3-7-18-40)63-59(62-57)51-28-15-13-26-48(51)41-19-8-4-9-20-41/h3-38H,1-2H3. The summed E-state index contributed by atoms with van der Waals surface area (Å²) in [7, 11) is 0. The molecule has 12 rings (SSSR count). The molecule has 4 heteroatoms. The van der Waals surface area contributed by atoms with Crippen LogP contribution in [0.4, 0.5) is 11.4 Å². The van der Waals surface area contributed by atoms with Crippen molar-refractivity contribution < 1.29 is 0 Å². The zero-order valence-corrected chi connectivity index (χ0v) is 35.6. The fraction of sp³-hybridized carbons (Fsp3) is 0.0500. The number of aromatic nitrogens is 3. The van der Waals surface area contributed by atoms with E-state index in [2.05, 4.69) is 225 Å². The smallest absolute Gasteiger partial charge is 0.164 e. The summed E-state index contributed by atoms with van der Waals surface area (Å²) in [4.78, 5) is 18.1. The molecule has 10 aromatic rings. The van der Waals surface area contributed by atoms with Crippen LogP contribution in [0.3, 0.4) is 0 Å². The number of rotatable bonds is 7. The highest BCUT2D eigenvalue weighted by Gasteiger charge is 2.40. The maximum Gasteiger partial charge on any atom is 0.164 e. The number of fused-ring (bicyclic) bond motifs is 4. The molecule has 0 fully saturated rings. The Kier molecular flexibility index (Phi) is 8.80. The molecule has 2 aliphatic rings. The van der Waals surface area contributed by atoms with Gasteiger partial charge in [-0.25, -0.2) is 15.0 Å². The van der Waals surface area contributed by atoms with Gasteiger partial charge in [0, 0.05) is 39.4 Å². The van der Waals surface area contributed by atoms with Gasteiger partial charge in [0.05, 0.1) is 5.69 Å². The van der Waals surface area contributed by atoms with E-state index in [0.29, 0.717) is 17.5 Å². The Labute approximate surface area is 373 Å². The quantitative estimate of drug-likeness (QED) is 0.161. The van der Waals surface area contributed by atoms with Crippen molar-refractivity contribution in [3.05, 3.63) is 229 Å². The van der Waals surface area contributed by atoms with E-state index in [4.69, 9.17) is 15.0 Å². The van der Waals surface area contributed by atoms with Crippen LogP contribution in [0.5, 0.6) is 0 Å². The Morgan fingerprint density at radius 3 is 1.55 bits per heavy atom. The van der Waals surface area contributed by atoms with E-state index in [1.54, 1.807) is 0 Å². The molecule has 0 N–H and O–H groups in total. The minimum atomic E-state index is -0.251. The number of nitrogens with zero attached hydrogens (tertiary/aromatic N) is 4. The summed E-state index contributed by atoms with van der Waals surface area (Å²) in [5.74, 6) is 1.89. The van der Waals surface area contributed by atoms with Gasteiger partial charge in [0.2, 0.25) is 0 Å². The summed E-state index contributed by atoms with van der Waals surface area (Å²) in [6.45, 7) is 4.78. The largest absolute Gasteiger partial charge is 0.316 e. The monoisotopic (exact) mass is 818 g/mol. The Morgan fingerprint density at radius 2 is 0.922 bits per heavy atom. The van der Waals surface area contributed by atoms with Crippen molar-refractivity contribution in [2.24, 2.45) is 0 Å². The third-order valence-corrected chi connectivity index (χ3v) is 13.1. The highest BCUT2D eigenvalue weighted by Crippen LogP contribution is 2.57. The zero-order valence-electron chi connectivity index (χ0n) is 35.6. The molecule has 0 radical (unpaired) electrons. The van der Waals surface area contributed by atoms with Gasteiger partial charge in [-0.3, -0.25) is 0 Å². The van der Waals surface area contributed by atoms with Gasteiger partial charge in [0.15, 0.2) is 17.5 Å². The summed E-state index contributed by atoms with van der Waals surface area (Å²) in [6.07, 6.45) is 4.48. The van der Waals surface area contributed by atoms with E-state index in [9.17, 15) is 0 Å². The van der Waals surface area contributed by atoms with Crippen molar-refractivity contribution in [2.75, 3.05) is 4.90 Å². The molecular weight excluding hydrogens is 777 g/mol. The van der Waals surface area contributed by atoms with Crippen molar-refractivity contribution in [2.45, 2.75) is 19.3 Å². The van der Waals surface area contributed by atoms with Gasteiger partial charge >= 0.3 is 0 Å². The van der Waals surface area contributed by atoms with E-state index < -0.39 is 0 Å². The first-order chi connectivity index (χ1) is 31.5. The lowest BCUT2D eigenvalue weighted by Gasteiger charge is -2.33. The van der Waals surface area contributed by atoms with Crippen molar-refractivity contribution in [1.29, 1.82) is 0 Å². The van der Waals surface area contributed by atoms with Gasteiger partial charge in [-0.1, -0.05) is 196 Å². The van der Waals surface area contributed by atoms with Crippen LogP contribution in [-0.2, 0) is 5.41 Å². The van der Waals surface area contributed by atoms with E-state index in [0.717, 1.165) is 50.2 Å². The lowest BCUT2D eigenvalue weighted by Crippen LogP contribution is -2.22. The van der Waals surface area contributed by atoms with Crippen LogP contribution >= 0.6 is 0 Å². The van der Waals surface area contributed by atoms with Crippen molar-refractivity contribution >= 4 is 28.2 Å². The van der Waals surface area contributed by atoms with Gasteiger partial charge in [-0.2, -0.15) is 0 Å². The minimum absolute atomic E-state index is 0.251. The fourth-order valence-corrected chi connectivity index (χ4v) is 9.98. The second-order valence-electron chi connectivity index (χ2n) is 17.2. The summed E-state index contributed by atoms with van der Waals surface area (Å²) in [5, 5.41) is 2.57. The minimum Gasteiger partial charge on any atom is -0.316 e. The highest BCUT2D eigenvalue weighted by atomic mass is 15.1. The summed E-state index contributed by atoms with van der Waals surface area (Å²) < 4.78 is 0. The molecule has 0 saturated heterocycles. The summed E-state index contributed by atoms with van der Waals surface area (Å²) in [5.41, 5.74) is 18.3. The van der Waals surface area contributed by atoms with Crippen molar-refractivity contribution in [3.8, 4) is 78.7 Å². The first kappa shape index (κ1) is 37.5. The molecule has 1 aliphatic carbocycles. The third-order valence-electron chi connectivity index (χ3n) is 13.1. The lowest BCUT2D eigenvalue weighted by atomic mass is 9.79. The predicted octanol–water partition coefficient (Wildman–Crippen LogP) is 15.5. The lowest BCUT2D eigenvalue weighted by molar-refractivity contribution is 0.661. The van der Waals surface area contributed by atoms with Crippen molar-refractivity contribution in [3.63, 3.8) is 0 Å². The van der Waals surface area contributed by atoms with Gasteiger partial charge in [-0.15, -0.1) is 0 Å². The van der Waals surface area contributed by atoms with Crippen LogP contribution in [0.25, 0.3) is 95.5 Å². The fourth-order valence-electron chi connectivity index (χ4n) is 9.98. The second kappa shape index (κ2) is 15.0. The average Bonchev–Trinajstić information content (AvgIpc) is 3.59. The Balaban J connectivity index is 0.959. The molecule has 0 bridgehead atoms. The van der Waals surface area contributed by atoms with E-state index >= 15 is 0 Å². The average molecular weight is 819 g/mol. The normalized spacial score (nSPS) is 13.2. The molecule has 4 nitrogen and oxygen atoms in total. The van der Waals surface area contributed by atoms with E-state index in [1.165, 1.54) is 49.8 Å². The molecular formula is C60H42N4. The third kappa shape index (κ3) is 6.18. The Hall–Kier alpha value is -8.21. The number of para-hydroxylation sites is 1. The molecule has 1 aromatic heterocycles. The van der Waals surface area contributed by atoms with Crippen LogP contribution in [-0.4, -0.2) is 15.0 Å². The molecule has 0 spiro atoms. The maximum atomic E-state index is 5.23. The van der Waals surface area contributed by atoms with Crippen LogP contribution < -0.4 is 4.90 Å². The van der Waals surface area contributed by atoms with E-state index in [1.807, 2.05) is 12.1 Å². The van der Waals surface area contributed by atoms with Gasteiger partial charge in [0.25, 0.3) is 0 Å². The maximum absolute atomic E-state index is 5.23. The summed E-state index contributed by atoms with van der Waals surface area (Å²) in [6, 6.07) is 73.2. The molecule has 0 saturated carbocycles. The topological polar surface area (TPSA) is 41.9 Å². The van der Waals surface area contributed by atoms with Gasteiger partial charge in [0.1, 0.15) is 0 Å². The van der Waals surface area contributed by atoms with E-state index in [-0.39, 0.29) is 5.41 Å². The first-order valence-corrected chi connectivity index (χ1v) is 21.9. The molecule has 302 valence electrons. The Bertz CT molecular complexity index is 3340. The number of benzene rings is 9. The van der Waals surface area contributed by atoms with Crippen LogP contribution in [0.1, 0.15) is 30.5 Å². The molecule has 9 aromatic carbocycles. The molecule has 64 heavy (non-hydrogen) atoms. The predicted molar refractivity (Wildman–Crippen MR) is 265 cm³/mol. The molecule has 0 unspecified atom stereocenters. The van der Waals surface area contributed by atoms with Crippen molar-refractivity contribution in [1.82, 2.24) is 15.0 Å². The molecule has 0 amide bonds. The van der Waals surface area contributed by atoms with Gasteiger partial charge in [-0.05, 0) is 96.9 Å². The molecule has 1 aliphatic heterocycles. The Morgan fingerprint density at radius 1 is 0.391 bits per heavy atom. The van der Waals surface area contributed by atoms with Crippen LogP contribution in [0.15, 0.2) is 212 Å². The van der Waals surface area contributed by atoms with Crippen LogP contribution in [0, 0.1) is 0 Å². The highest BCUT2D eigenvalue weighted by molar-refractivity contribution is 6.11.